The molecule has 0 bridgehead atoms. The van der Waals surface area contributed by atoms with Crippen LogP contribution in [-0.4, -0.2) is 16.9 Å². The number of hydrogen-bond acceptors (Lipinski definition) is 4. The molecule has 2 heterocycles. The molecule has 5 nitrogen and oxygen atoms in total. The largest absolute Gasteiger partial charge is 0.493 e. The smallest absolute Gasteiger partial charge is 0.284 e. The third-order valence-corrected chi connectivity index (χ3v) is 4.07. The van der Waals surface area contributed by atoms with Crippen molar-refractivity contribution in [2.75, 3.05) is 7.11 Å². The van der Waals surface area contributed by atoms with Crippen LogP contribution in [0.1, 0.15) is 0 Å². The lowest BCUT2D eigenvalue weighted by atomic mass is 10.1. The van der Waals surface area contributed by atoms with Gasteiger partial charge in [0.25, 0.3) is 5.56 Å². The molecule has 114 valence electrons. The average Bonchev–Trinajstić information content (AvgIpc) is 2.89. The van der Waals surface area contributed by atoms with Gasteiger partial charge in [-0.05, 0) is 30.3 Å². The first kappa shape index (κ1) is 14.0. The van der Waals surface area contributed by atoms with Crippen molar-refractivity contribution < 1.29 is 9.15 Å². The molecule has 2 aromatic carbocycles. The average molecular weight is 371 g/mol. The van der Waals surface area contributed by atoms with Crippen molar-refractivity contribution in [2.45, 2.75) is 0 Å². The van der Waals surface area contributed by atoms with Gasteiger partial charge in [-0.1, -0.05) is 34.1 Å². The second kappa shape index (κ2) is 5.24. The Morgan fingerprint density at radius 1 is 1.17 bits per heavy atom. The quantitative estimate of drug-likeness (QED) is 0.537. The van der Waals surface area contributed by atoms with Crippen LogP contribution in [0.2, 0.25) is 0 Å². The molecule has 0 fully saturated rings. The highest BCUT2D eigenvalue weighted by atomic mass is 79.9. The van der Waals surface area contributed by atoms with Crippen LogP contribution in [0.25, 0.3) is 28.1 Å². The lowest BCUT2D eigenvalue weighted by Crippen LogP contribution is -2.14. The van der Waals surface area contributed by atoms with E-state index in [1.165, 1.54) is 4.68 Å². The third-order valence-electron chi connectivity index (χ3n) is 3.61. The molecule has 2 aromatic rings. The van der Waals surface area contributed by atoms with Crippen molar-refractivity contribution in [2.24, 2.45) is 0 Å². The first-order valence-electron chi connectivity index (χ1n) is 6.93. The van der Waals surface area contributed by atoms with E-state index in [1.807, 2.05) is 42.5 Å². The van der Waals surface area contributed by atoms with Crippen LogP contribution in [0.5, 0.6) is 5.75 Å². The number of ether oxygens (including phenoxy) is 1. The third kappa shape index (κ3) is 2.22. The Bertz CT molecular complexity index is 1040. The molecule has 0 aliphatic carbocycles. The van der Waals surface area contributed by atoms with Crippen molar-refractivity contribution in [3.05, 3.63) is 63.4 Å². The Balaban J connectivity index is 2.05. The van der Waals surface area contributed by atoms with Gasteiger partial charge in [0.2, 0.25) is 5.89 Å². The molecule has 2 aliphatic heterocycles. The fourth-order valence-electron chi connectivity index (χ4n) is 2.55. The zero-order valence-corrected chi connectivity index (χ0v) is 13.7. The monoisotopic (exact) mass is 370 g/mol. The van der Waals surface area contributed by atoms with E-state index in [2.05, 4.69) is 21.0 Å². The second-order valence-corrected chi connectivity index (χ2v) is 5.96. The molecule has 0 spiro atoms. The zero-order chi connectivity index (χ0) is 16.0. The summed E-state index contributed by atoms with van der Waals surface area (Å²) < 4.78 is 13.4. The minimum absolute atomic E-state index is 0.212. The molecule has 0 saturated heterocycles. The fourth-order valence-corrected chi connectivity index (χ4v) is 3.00. The zero-order valence-electron chi connectivity index (χ0n) is 12.1. The number of rotatable bonds is 2. The van der Waals surface area contributed by atoms with Gasteiger partial charge in [0.15, 0.2) is 11.3 Å². The SMILES string of the molecule is COc1cc(Br)cc2cc3c(=O)n(-c4ccccc4)nc-3oc12. The highest BCUT2D eigenvalue weighted by Crippen LogP contribution is 2.34. The Kier molecular flexibility index (Phi) is 3.20. The molecular formula is C17H11BrN2O3. The Hall–Kier alpha value is -2.60. The van der Waals surface area contributed by atoms with E-state index < -0.39 is 0 Å². The summed E-state index contributed by atoms with van der Waals surface area (Å²) in [7, 11) is 1.57. The van der Waals surface area contributed by atoms with Crippen LogP contribution < -0.4 is 10.3 Å². The summed E-state index contributed by atoms with van der Waals surface area (Å²) in [5.41, 5.74) is 1.47. The van der Waals surface area contributed by atoms with Gasteiger partial charge in [-0.2, -0.15) is 4.68 Å². The summed E-state index contributed by atoms with van der Waals surface area (Å²) in [6, 6.07) is 14.7. The molecule has 0 amide bonds. The van der Waals surface area contributed by atoms with E-state index >= 15 is 0 Å². The number of para-hydroxylation sites is 1. The molecule has 0 radical (unpaired) electrons. The van der Waals surface area contributed by atoms with Crippen molar-refractivity contribution in [3.8, 4) is 22.9 Å². The van der Waals surface area contributed by atoms with Gasteiger partial charge < -0.3 is 9.15 Å². The summed E-state index contributed by atoms with van der Waals surface area (Å²) in [5.74, 6) is 0.866. The summed E-state index contributed by atoms with van der Waals surface area (Å²) in [4.78, 5) is 12.6. The van der Waals surface area contributed by atoms with Crippen LogP contribution in [0.15, 0.2) is 62.2 Å². The van der Waals surface area contributed by atoms with Gasteiger partial charge >= 0.3 is 0 Å². The van der Waals surface area contributed by atoms with E-state index in [4.69, 9.17) is 9.15 Å². The summed E-state index contributed by atoms with van der Waals surface area (Å²) in [6.07, 6.45) is 0. The predicted molar refractivity (Wildman–Crippen MR) is 90.5 cm³/mol. The number of nitrogens with zero attached hydrogens (tertiary/aromatic N) is 2. The van der Waals surface area contributed by atoms with Crippen LogP contribution >= 0.6 is 15.9 Å². The first-order valence-corrected chi connectivity index (χ1v) is 7.72. The standard InChI is InChI=1S/C17H11BrN2O3/c1-22-14-9-11(18)7-10-8-13-16(23-15(10)14)19-20(17(13)21)12-5-3-2-4-6-12/h2-9H,1H3. The number of benzene rings is 2. The molecule has 0 aromatic heterocycles. The molecular weight excluding hydrogens is 360 g/mol. The molecule has 0 atom stereocenters. The molecule has 4 rings (SSSR count). The molecule has 2 aliphatic rings. The maximum absolute atomic E-state index is 12.6. The maximum atomic E-state index is 12.6. The van der Waals surface area contributed by atoms with E-state index in [0.29, 0.717) is 22.6 Å². The highest BCUT2D eigenvalue weighted by molar-refractivity contribution is 9.10. The van der Waals surface area contributed by atoms with Crippen LogP contribution in [0, 0.1) is 0 Å². The van der Waals surface area contributed by atoms with Gasteiger partial charge in [-0.3, -0.25) is 4.79 Å². The van der Waals surface area contributed by atoms with Crippen LogP contribution in [0.3, 0.4) is 0 Å². The van der Waals surface area contributed by atoms with E-state index in [0.717, 1.165) is 9.86 Å². The number of hydrogen-bond donors (Lipinski definition) is 0. The predicted octanol–water partition coefficient (Wildman–Crippen LogP) is 3.85. The van der Waals surface area contributed by atoms with Crippen molar-refractivity contribution >= 4 is 26.9 Å². The Morgan fingerprint density at radius 3 is 2.70 bits per heavy atom. The fraction of sp³-hybridized carbons (Fsp3) is 0.0588. The van der Waals surface area contributed by atoms with Crippen LogP contribution in [0.4, 0.5) is 0 Å². The van der Waals surface area contributed by atoms with E-state index in [1.54, 1.807) is 13.2 Å². The first-order chi connectivity index (χ1) is 11.2. The number of aromatic nitrogens is 2. The summed E-state index contributed by atoms with van der Waals surface area (Å²) in [5, 5.41) is 5.07. The Morgan fingerprint density at radius 2 is 1.96 bits per heavy atom. The normalized spacial score (nSPS) is 11.2. The second-order valence-electron chi connectivity index (χ2n) is 5.04. The minimum atomic E-state index is -0.212. The highest BCUT2D eigenvalue weighted by Gasteiger charge is 2.21. The minimum Gasteiger partial charge on any atom is -0.493 e. The summed E-state index contributed by atoms with van der Waals surface area (Å²) in [6.45, 7) is 0. The van der Waals surface area contributed by atoms with Gasteiger partial charge in [0, 0.05) is 9.86 Å². The van der Waals surface area contributed by atoms with Crippen molar-refractivity contribution in [3.63, 3.8) is 0 Å². The molecule has 0 saturated carbocycles. The number of halogens is 1. The lowest BCUT2D eigenvalue weighted by molar-refractivity contribution is 0.409. The van der Waals surface area contributed by atoms with E-state index in [9.17, 15) is 4.79 Å². The number of fused-ring (bicyclic) bond motifs is 2. The van der Waals surface area contributed by atoms with Gasteiger partial charge in [0.05, 0.1) is 12.8 Å². The molecule has 6 heteroatoms. The summed E-state index contributed by atoms with van der Waals surface area (Å²) >= 11 is 3.43. The van der Waals surface area contributed by atoms with E-state index in [-0.39, 0.29) is 11.4 Å². The van der Waals surface area contributed by atoms with Gasteiger partial charge in [-0.15, -0.1) is 5.10 Å². The van der Waals surface area contributed by atoms with Crippen molar-refractivity contribution in [1.82, 2.24) is 9.78 Å². The van der Waals surface area contributed by atoms with Gasteiger partial charge in [-0.25, -0.2) is 0 Å². The molecule has 0 N–H and O–H groups in total. The lowest BCUT2D eigenvalue weighted by Gasteiger charge is -2.06. The molecule has 23 heavy (non-hydrogen) atoms. The van der Waals surface area contributed by atoms with Crippen LogP contribution in [-0.2, 0) is 0 Å². The number of methoxy groups -OCH3 is 1. The molecule has 0 unspecified atom stereocenters. The van der Waals surface area contributed by atoms with Crippen molar-refractivity contribution in [1.29, 1.82) is 0 Å². The maximum Gasteiger partial charge on any atom is 0.284 e. The Labute approximate surface area is 139 Å². The topological polar surface area (TPSA) is 57.3 Å². The van der Waals surface area contributed by atoms with Gasteiger partial charge in [0.1, 0.15) is 5.56 Å².